The number of carbonyl (C=O) groups is 1. The third kappa shape index (κ3) is 2.31. The molecule has 4 aliphatic rings. The van der Waals surface area contributed by atoms with Gasteiger partial charge in [-0.3, -0.25) is 4.79 Å². The average molecular weight is 264 g/mol. The van der Waals surface area contributed by atoms with E-state index in [9.17, 15) is 4.79 Å². The molecule has 3 heteroatoms. The molecule has 1 aliphatic heterocycles. The predicted molar refractivity (Wildman–Crippen MR) is 76.9 cm³/mol. The Kier molecular flexibility index (Phi) is 3.36. The van der Waals surface area contributed by atoms with Gasteiger partial charge >= 0.3 is 0 Å². The second-order valence-electron chi connectivity index (χ2n) is 7.44. The summed E-state index contributed by atoms with van der Waals surface area (Å²) in [6.07, 6.45) is 9.67. The summed E-state index contributed by atoms with van der Waals surface area (Å²) in [5.41, 5.74) is 0.718. The number of hydrogen-bond acceptors (Lipinski definition) is 2. The van der Waals surface area contributed by atoms with Crippen LogP contribution in [0, 0.1) is 11.3 Å². The fourth-order valence-corrected chi connectivity index (χ4v) is 4.52. The smallest absolute Gasteiger partial charge is 0.237 e. The van der Waals surface area contributed by atoms with E-state index in [2.05, 4.69) is 24.5 Å². The molecule has 4 rings (SSSR count). The number of nitrogens with one attached hydrogen (secondary N) is 2. The van der Waals surface area contributed by atoms with Crippen LogP contribution in [0.3, 0.4) is 0 Å². The largest absolute Gasteiger partial charge is 0.349 e. The molecule has 1 saturated heterocycles. The minimum absolute atomic E-state index is 0.0769. The molecule has 0 spiro atoms. The molecule has 3 aliphatic carbocycles. The molecule has 0 unspecified atom stereocenters. The normalized spacial score (nSPS) is 41.7. The summed E-state index contributed by atoms with van der Waals surface area (Å²) >= 11 is 0. The Labute approximate surface area is 116 Å². The van der Waals surface area contributed by atoms with Crippen molar-refractivity contribution in [3.63, 3.8) is 0 Å². The molecule has 3 saturated carbocycles. The predicted octanol–water partition coefficient (Wildman–Crippen LogP) is 2.60. The summed E-state index contributed by atoms with van der Waals surface area (Å²) in [7, 11) is 0. The Balaban J connectivity index is 1.62. The SMILES string of the molecule is CC(C)C12CCC(NC(=O)[C@H]3CCCN3)(CC1)CC2. The van der Waals surface area contributed by atoms with Gasteiger partial charge in [0.2, 0.25) is 5.91 Å². The van der Waals surface area contributed by atoms with Gasteiger partial charge in [-0.05, 0) is 69.2 Å². The molecular formula is C16H28N2O. The zero-order chi connectivity index (χ0) is 13.5. The van der Waals surface area contributed by atoms with E-state index in [0.717, 1.165) is 25.3 Å². The van der Waals surface area contributed by atoms with Gasteiger partial charge in [-0.2, -0.15) is 0 Å². The minimum Gasteiger partial charge on any atom is -0.349 e. The second kappa shape index (κ2) is 4.76. The van der Waals surface area contributed by atoms with Crippen LogP contribution in [0.1, 0.15) is 65.2 Å². The molecule has 0 aromatic heterocycles. The highest BCUT2D eigenvalue weighted by atomic mass is 16.2. The maximum Gasteiger partial charge on any atom is 0.237 e. The van der Waals surface area contributed by atoms with Crippen LogP contribution < -0.4 is 10.6 Å². The van der Waals surface area contributed by atoms with E-state index in [0.29, 0.717) is 5.41 Å². The second-order valence-corrected chi connectivity index (χ2v) is 7.44. The van der Waals surface area contributed by atoms with Crippen LogP contribution in [0.4, 0.5) is 0 Å². The zero-order valence-electron chi connectivity index (χ0n) is 12.4. The van der Waals surface area contributed by atoms with Gasteiger partial charge in [0.05, 0.1) is 6.04 Å². The topological polar surface area (TPSA) is 41.1 Å². The van der Waals surface area contributed by atoms with Crippen LogP contribution in [-0.2, 0) is 4.79 Å². The number of carbonyl (C=O) groups excluding carboxylic acids is 1. The lowest BCUT2D eigenvalue weighted by Crippen LogP contribution is -2.60. The Morgan fingerprint density at radius 1 is 1.16 bits per heavy atom. The lowest BCUT2D eigenvalue weighted by atomic mass is 9.53. The van der Waals surface area contributed by atoms with Crippen molar-refractivity contribution in [2.75, 3.05) is 6.54 Å². The quantitative estimate of drug-likeness (QED) is 0.822. The van der Waals surface area contributed by atoms with E-state index in [1.807, 2.05) is 0 Å². The first-order valence-corrected chi connectivity index (χ1v) is 8.11. The van der Waals surface area contributed by atoms with E-state index in [1.54, 1.807) is 0 Å². The average Bonchev–Trinajstić information content (AvgIpc) is 2.94. The first-order chi connectivity index (χ1) is 9.05. The first-order valence-electron chi connectivity index (χ1n) is 8.11. The molecule has 19 heavy (non-hydrogen) atoms. The van der Waals surface area contributed by atoms with Crippen molar-refractivity contribution >= 4 is 5.91 Å². The fourth-order valence-electron chi connectivity index (χ4n) is 4.52. The van der Waals surface area contributed by atoms with Crippen LogP contribution in [-0.4, -0.2) is 24.0 Å². The molecule has 0 aromatic rings. The molecule has 2 bridgehead atoms. The maximum atomic E-state index is 12.3. The van der Waals surface area contributed by atoms with E-state index >= 15 is 0 Å². The number of fused-ring (bicyclic) bond motifs is 3. The number of hydrogen-bond donors (Lipinski definition) is 2. The third-order valence-corrected chi connectivity index (χ3v) is 6.29. The molecule has 1 heterocycles. The molecule has 0 radical (unpaired) electrons. The Morgan fingerprint density at radius 3 is 2.26 bits per heavy atom. The van der Waals surface area contributed by atoms with Crippen LogP contribution in [0.15, 0.2) is 0 Å². The summed E-state index contributed by atoms with van der Waals surface area (Å²) in [5.74, 6) is 1.05. The fraction of sp³-hybridized carbons (Fsp3) is 0.938. The lowest BCUT2D eigenvalue weighted by molar-refractivity contribution is -0.127. The summed E-state index contributed by atoms with van der Waals surface area (Å²) in [6, 6.07) is 0.0769. The first kappa shape index (κ1) is 13.4. The lowest BCUT2D eigenvalue weighted by Gasteiger charge is -2.55. The molecular weight excluding hydrogens is 236 g/mol. The van der Waals surface area contributed by atoms with Gasteiger partial charge in [0.15, 0.2) is 0 Å². The summed E-state index contributed by atoms with van der Waals surface area (Å²) < 4.78 is 0. The standard InChI is InChI=1S/C16H28N2O/c1-12(2)15-5-8-16(9-6-15,10-7-15)18-14(19)13-4-3-11-17-13/h12-13,17H,3-11H2,1-2H3,(H,18,19)/t13-,15?,16?/m1/s1. The van der Waals surface area contributed by atoms with Crippen LogP contribution in [0.2, 0.25) is 0 Å². The molecule has 2 N–H and O–H groups in total. The van der Waals surface area contributed by atoms with Gasteiger partial charge in [-0.15, -0.1) is 0 Å². The molecule has 108 valence electrons. The van der Waals surface area contributed by atoms with E-state index in [4.69, 9.17) is 0 Å². The summed E-state index contributed by atoms with van der Waals surface area (Å²) in [6.45, 7) is 5.75. The molecule has 1 atom stereocenters. The number of amides is 1. The van der Waals surface area contributed by atoms with E-state index < -0.39 is 0 Å². The van der Waals surface area contributed by atoms with Gasteiger partial charge in [-0.1, -0.05) is 13.8 Å². The highest BCUT2D eigenvalue weighted by Gasteiger charge is 2.50. The maximum absolute atomic E-state index is 12.3. The highest BCUT2D eigenvalue weighted by Crippen LogP contribution is 2.55. The molecule has 4 fully saturated rings. The Bertz CT molecular complexity index is 333. The van der Waals surface area contributed by atoms with Crippen molar-refractivity contribution in [1.29, 1.82) is 0 Å². The number of rotatable bonds is 3. The van der Waals surface area contributed by atoms with Crippen molar-refractivity contribution in [3.05, 3.63) is 0 Å². The van der Waals surface area contributed by atoms with Crippen molar-refractivity contribution in [3.8, 4) is 0 Å². The third-order valence-electron chi connectivity index (χ3n) is 6.29. The van der Waals surface area contributed by atoms with Gasteiger partial charge in [0.25, 0.3) is 0 Å². The van der Waals surface area contributed by atoms with Crippen molar-refractivity contribution in [2.45, 2.75) is 76.8 Å². The van der Waals surface area contributed by atoms with Gasteiger partial charge < -0.3 is 10.6 Å². The monoisotopic (exact) mass is 264 g/mol. The van der Waals surface area contributed by atoms with Gasteiger partial charge in [0, 0.05) is 5.54 Å². The van der Waals surface area contributed by atoms with Crippen molar-refractivity contribution < 1.29 is 4.79 Å². The van der Waals surface area contributed by atoms with Crippen LogP contribution in [0.25, 0.3) is 0 Å². The summed E-state index contributed by atoms with van der Waals surface area (Å²) in [5, 5.41) is 6.73. The van der Waals surface area contributed by atoms with E-state index in [-0.39, 0.29) is 17.5 Å². The van der Waals surface area contributed by atoms with Crippen LogP contribution >= 0.6 is 0 Å². The minimum atomic E-state index is 0.0769. The van der Waals surface area contributed by atoms with Crippen molar-refractivity contribution in [2.24, 2.45) is 11.3 Å². The Hall–Kier alpha value is -0.570. The van der Waals surface area contributed by atoms with Crippen molar-refractivity contribution in [1.82, 2.24) is 10.6 Å². The zero-order valence-corrected chi connectivity index (χ0v) is 12.4. The van der Waals surface area contributed by atoms with E-state index in [1.165, 1.54) is 38.5 Å². The summed E-state index contributed by atoms with van der Waals surface area (Å²) in [4.78, 5) is 12.3. The highest BCUT2D eigenvalue weighted by molar-refractivity contribution is 5.82. The van der Waals surface area contributed by atoms with Crippen LogP contribution in [0.5, 0.6) is 0 Å². The molecule has 1 amide bonds. The van der Waals surface area contributed by atoms with Gasteiger partial charge in [-0.25, -0.2) is 0 Å². The van der Waals surface area contributed by atoms with Gasteiger partial charge in [0.1, 0.15) is 0 Å². The Morgan fingerprint density at radius 2 is 1.79 bits per heavy atom. The molecule has 3 nitrogen and oxygen atoms in total. The molecule has 0 aromatic carbocycles.